The number of para-hydroxylation sites is 1. The molecular weight excluding hydrogens is 736 g/mol. The van der Waals surface area contributed by atoms with Gasteiger partial charge in [-0.3, -0.25) is 14.6 Å². The number of hydrogen-bond acceptors (Lipinski definition) is 6. The number of piperidine rings is 2. The van der Waals surface area contributed by atoms with Crippen LogP contribution in [0.1, 0.15) is 66.0 Å². The highest BCUT2D eigenvalue weighted by molar-refractivity contribution is 9.10. The summed E-state index contributed by atoms with van der Waals surface area (Å²) in [5.74, 6) is 0.957. The van der Waals surface area contributed by atoms with E-state index in [0.717, 1.165) is 71.3 Å². The van der Waals surface area contributed by atoms with E-state index >= 15 is 0 Å². The third-order valence-electron chi connectivity index (χ3n) is 9.60. The molecule has 1 N–H and O–H groups in total. The SMILES string of the molecule is O=C(CO/N=C/c1ccccc1O)N1CCC(CC(=O)N2CCC([C@H]3c4ncc(Br)cc4CCc4cc(Cl)cc(Br)c43)CC2)CC1. The Balaban J connectivity index is 1.00. The molecule has 1 aromatic heterocycles. The first-order valence-corrected chi connectivity index (χ1v) is 17.8. The lowest BCUT2D eigenvalue weighted by Gasteiger charge is -2.38. The fraction of sp³-hybridized carbons (Fsp3) is 0.429. The Hall–Kier alpha value is -2.95. The Labute approximate surface area is 291 Å². The van der Waals surface area contributed by atoms with Crippen LogP contribution in [0, 0.1) is 11.8 Å². The van der Waals surface area contributed by atoms with E-state index in [0.29, 0.717) is 31.0 Å². The van der Waals surface area contributed by atoms with Gasteiger partial charge in [0.1, 0.15) is 5.75 Å². The minimum absolute atomic E-state index is 0.100. The van der Waals surface area contributed by atoms with Crippen LogP contribution in [0.3, 0.4) is 0 Å². The van der Waals surface area contributed by atoms with E-state index < -0.39 is 0 Å². The largest absolute Gasteiger partial charge is 0.507 e. The standard InChI is InChI=1S/C35H37Br2ClN4O4/c36-27-16-25-6-5-24-17-28(38)18-29(37)33(24)34(35(25)39-20-27)23-9-13-41(14-10-23)31(44)15-22-7-11-42(12-8-22)32(45)21-46-40-19-26-3-1-2-4-30(26)43/h1-4,16-20,22-23,34,43H,5-15,21H2/b40-19+/t34-/m1/s1. The molecule has 0 spiro atoms. The Morgan fingerprint density at radius 2 is 1.67 bits per heavy atom. The second-order valence-electron chi connectivity index (χ2n) is 12.4. The van der Waals surface area contributed by atoms with Crippen molar-refractivity contribution in [2.45, 2.75) is 50.9 Å². The number of rotatable bonds is 7. The number of aromatic nitrogens is 1. The summed E-state index contributed by atoms with van der Waals surface area (Å²) < 4.78 is 2.03. The fourth-order valence-electron chi connectivity index (χ4n) is 7.15. The van der Waals surface area contributed by atoms with E-state index in [9.17, 15) is 14.7 Å². The first kappa shape index (κ1) is 33.0. The number of hydrogen-bond donors (Lipinski definition) is 1. The first-order valence-electron chi connectivity index (χ1n) is 15.9. The number of carbonyl (C=O) groups excluding carboxylic acids is 2. The van der Waals surface area contributed by atoms with Crippen molar-refractivity contribution in [3.05, 3.63) is 90.6 Å². The number of likely N-dealkylation sites (tertiary alicyclic amines) is 2. The van der Waals surface area contributed by atoms with Crippen molar-refractivity contribution in [2.75, 3.05) is 32.8 Å². The van der Waals surface area contributed by atoms with E-state index in [1.165, 1.54) is 22.9 Å². The Kier molecular flexibility index (Phi) is 10.7. The fourth-order valence-corrected chi connectivity index (χ4v) is 8.65. The number of halogens is 3. The predicted octanol–water partition coefficient (Wildman–Crippen LogP) is 7.11. The van der Waals surface area contributed by atoms with Crippen molar-refractivity contribution in [1.82, 2.24) is 14.8 Å². The second-order valence-corrected chi connectivity index (χ2v) is 14.7. The summed E-state index contributed by atoms with van der Waals surface area (Å²) in [7, 11) is 0. The minimum atomic E-state index is -0.158. The quantitative estimate of drug-likeness (QED) is 0.204. The molecule has 3 heterocycles. The zero-order chi connectivity index (χ0) is 32.2. The highest BCUT2D eigenvalue weighted by atomic mass is 79.9. The summed E-state index contributed by atoms with van der Waals surface area (Å²) in [5, 5.41) is 14.4. The molecule has 0 saturated carbocycles. The third-order valence-corrected chi connectivity index (χ3v) is 10.9. The van der Waals surface area contributed by atoms with Gasteiger partial charge in [-0.2, -0.15) is 0 Å². The van der Waals surface area contributed by atoms with E-state index in [1.807, 2.05) is 17.2 Å². The first-order chi connectivity index (χ1) is 22.3. The van der Waals surface area contributed by atoms with Gasteiger partial charge in [0.15, 0.2) is 6.61 Å². The van der Waals surface area contributed by atoms with E-state index in [4.69, 9.17) is 21.4 Å². The molecule has 0 radical (unpaired) electrons. The number of phenols is 1. The zero-order valence-electron chi connectivity index (χ0n) is 25.5. The van der Waals surface area contributed by atoms with Gasteiger partial charge in [0.05, 0.1) is 11.9 Å². The molecule has 0 unspecified atom stereocenters. The van der Waals surface area contributed by atoms with Crippen LogP contribution in [-0.4, -0.2) is 70.7 Å². The molecule has 2 fully saturated rings. The summed E-state index contributed by atoms with van der Waals surface area (Å²) in [6.45, 7) is 2.53. The number of phenolic OH excluding ortho intramolecular Hbond substituents is 1. The smallest absolute Gasteiger partial charge is 0.263 e. The van der Waals surface area contributed by atoms with Crippen LogP contribution in [0.15, 0.2) is 62.8 Å². The minimum Gasteiger partial charge on any atom is -0.507 e. The van der Waals surface area contributed by atoms with Crippen molar-refractivity contribution in [1.29, 1.82) is 0 Å². The molecule has 0 bridgehead atoms. The van der Waals surface area contributed by atoms with E-state index in [2.05, 4.69) is 49.1 Å². The molecule has 2 aliphatic heterocycles. The predicted molar refractivity (Wildman–Crippen MR) is 185 cm³/mol. The maximum absolute atomic E-state index is 13.4. The molecule has 1 atom stereocenters. The van der Waals surface area contributed by atoms with Gasteiger partial charge >= 0.3 is 0 Å². The van der Waals surface area contributed by atoms with Gasteiger partial charge in [0.25, 0.3) is 5.91 Å². The number of aryl methyl sites for hydroxylation is 2. The molecule has 242 valence electrons. The average Bonchev–Trinajstić information content (AvgIpc) is 3.21. The van der Waals surface area contributed by atoms with E-state index in [1.54, 1.807) is 29.2 Å². The van der Waals surface area contributed by atoms with Crippen LogP contribution >= 0.6 is 43.5 Å². The molecule has 2 amide bonds. The molecule has 2 saturated heterocycles. The average molecular weight is 773 g/mol. The van der Waals surface area contributed by atoms with Gasteiger partial charge in [0, 0.05) is 64.2 Å². The maximum atomic E-state index is 13.4. The van der Waals surface area contributed by atoms with Crippen LogP contribution < -0.4 is 0 Å². The monoisotopic (exact) mass is 770 g/mol. The van der Waals surface area contributed by atoms with Crippen molar-refractivity contribution in [3.63, 3.8) is 0 Å². The number of nitrogens with zero attached hydrogens (tertiary/aromatic N) is 4. The summed E-state index contributed by atoms with van der Waals surface area (Å²) >= 11 is 13.9. The maximum Gasteiger partial charge on any atom is 0.263 e. The highest BCUT2D eigenvalue weighted by Gasteiger charge is 2.37. The number of fused-ring (bicyclic) bond motifs is 2. The van der Waals surface area contributed by atoms with Gasteiger partial charge in [-0.15, -0.1) is 0 Å². The molecule has 2 aromatic carbocycles. The summed E-state index contributed by atoms with van der Waals surface area (Å²) in [6, 6.07) is 13.1. The number of benzene rings is 2. The summed E-state index contributed by atoms with van der Waals surface area (Å²) in [4.78, 5) is 40.0. The van der Waals surface area contributed by atoms with Gasteiger partial charge in [-0.25, -0.2) is 0 Å². The lowest BCUT2D eigenvalue weighted by Crippen LogP contribution is -2.43. The van der Waals surface area contributed by atoms with Crippen molar-refractivity contribution >= 4 is 61.5 Å². The molecule has 1 aliphatic carbocycles. The zero-order valence-corrected chi connectivity index (χ0v) is 29.4. The third kappa shape index (κ3) is 7.60. The van der Waals surface area contributed by atoms with Gasteiger partial charge in [-0.1, -0.05) is 44.8 Å². The number of aromatic hydroxyl groups is 1. The van der Waals surface area contributed by atoms with Crippen LogP contribution in [0.4, 0.5) is 0 Å². The molecular formula is C35H37Br2ClN4O4. The van der Waals surface area contributed by atoms with Gasteiger partial charge in [0.2, 0.25) is 5.91 Å². The molecule has 8 nitrogen and oxygen atoms in total. The Morgan fingerprint density at radius 1 is 0.978 bits per heavy atom. The van der Waals surface area contributed by atoms with Crippen molar-refractivity contribution in [2.24, 2.45) is 17.0 Å². The highest BCUT2D eigenvalue weighted by Crippen LogP contribution is 2.46. The summed E-state index contributed by atoms with van der Waals surface area (Å²) in [5.41, 5.74) is 5.50. The number of oxime groups is 1. The number of amides is 2. The van der Waals surface area contributed by atoms with Crippen LogP contribution in [0.2, 0.25) is 5.02 Å². The molecule has 3 aliphatic rings. The van der Waals surface area contributed by atoms with Crippen molar-refractivity contribution in [3.8, 4) is 5.75 Å². The molecule has 3 aromatic rings. The van der Waals surface area contributed by atoms with Gasteiger partial charge < -0.3 is 19.7 Å². The topological polar surface area (TPSA) is 95.3 Å². The molecule has 11 heteroatoms. The lowest BCUT2D eigenvalue weighted by atomic mass is 9.76. The lowest BCUT2D eigenvalue weighted by molar-refractivity contribution is -0.138. The van der Waals surface area contributed by atoms with Gasteiger partial charge in [-0.05, 0) is 113 Å². The number of carbonyl (C=O) groups is 2. The van der Waals surface area contributed by atoms with Crippen LogP contribution in [0.25, 0.3) is 0 Å². The Bertz CT molecular complexity index is 1620. The number of pyridine rings is 1. The Morgan fingerprint density at radius 3 is 2.43 bits per heavy atom. The van der Waals surface area contributed by atoms with E-state index in [-0.39, 0.29) is 36.0 Å². The normalized spacial score (nSPS) is 19.1. The second kappa shape index (κ2) is 14.9. The summed E-state index contributed by atoms with van der Waals surface area (Å²) in [6.07, 6.45) is 9.07. The molecule has 46 heavy (non-hydrogen) atoms. The van der Waals surface area contributed by atoms with Crippen LogP contribution in [0.5, 0.6) is 5.75 Å². The molecule has 6 rings (SSSR count). The van der Waals surface area contributed by atoms with Crippen LogP contribution in [-0.2, 0) is 27.3 Å². The van der Waals surface area contributed by atoms with Crippen molar-refractivity contribution < 1.29 is 19.5 Å².